The molecule has 0 bridgehead atoms. The Balaban J connectivity index is 1.93. The Morgan fingerprint density at radius 3 is 2.62 bits per heavy atom. The molecule has 0 fully saturated rings. The second kappa shape index (κ2) is 6.88. The van der Waals surface area contributed by atoms with E-state index < -0.39 is 0 Å². The fourth-order valence-corrected chi connectivity index (χ4v) is 1.83. The number of methoxy groups -OCH3 is 1. The molecule has 0 N–H and O–H groups in total. The number of aromatic nitrogens is 2. The second-order valence-corrected chi connectivity index (χ2v) is 4.88. The van der Waals surface area contributed by atoms with Gasteiger partial charge in [0.05, 0.1) is 7.11 Å². The lowest BCUT2D eigenvalue weighted by molar-refractivity contribution is -0.128. The molecule has 112 valence electrons. The molecule has 2 aromatic rings. The number of hydrogen-bond donors (Lipinski definition) is 0. The molecule has 0 aliphatic heterocycles. The maximum absolute atomic E-state index is 11.5. The number of carbonyl (C=O) groups is 1. The Bertz CT molecular complexity index is 590. The number of amides is 1. The minimum Gasteiger partial charge on any atom is -0.497 e. The summed E-state index contributed by atoms with van der Waals surface area (Å²) in [7, 11) is 5.12. The van der Waals surface area contributed by atoms with Crippen LogP contribution in [0.1, 0.15) is 18.7 Å². The minimum absolute atomic E-state index is 0.102. The summed E-state index contributed by atoms with van der Waals surface area (Å²) in [5.41, 5.74) is 0.871. The SMILES string of the molecule is COc1ccc(-c2noc(CCCC(=O)N(C)C)n2)cc1. The highest BCUT2D eigenvalue weighted by molar-refractivity contribution is 5.75. The number of nitrogens with zero attached hydrogens (tertiary/aromatic N) is 3. The van der Waals surface area contributed by atoms with Crippen molar-refractivity contribution in [1.82, 2.24) is 15.0 Å². The molecule has 1 aromatic carbocycles. The largest absolute Gasteiger partial charge is 0.497 e. The zero-order chi connectivity index (χ0) is 15.2. The highest BCUT2D eigenvalue weighted by atomic mass is 16.5. The Morgan fingerprint density at radius 2 is 2.00 bits per heavy atom. The maximum atomic E-state index is 11.5. The molecular weight excluding hydrogens is 270 g/mol. The quantitative estimate of drug-likeness (QED) is 0.815. The lowest BCUT2D eigenvalue weighted by atomic mass is 10.2. The maximum Gasteiger partial charge on any atom is 0.226 e. The Labute approximate surface area is 123 Å². The Hall–Kier alpha value is -2.37. The third-order valence-electron chi connectivity index (χ3n) is 3.10. The van der Waals surface area contributed by atoms with Gasteiger partial charge < -0.3 is 14.2 Å². The van der Waals surface area contributed by atoms with Crippen molar-refractivity contribution in [3.8, 4) is 17.1 Å². The van der Waals surface area contributed by atoms with Gasteiger partial charge in [0.2, 0.25) is 17.6 Å². The molecule has 1 heterocycles. The van der Waals surface area contributed by atoms with Gasteiger partial charge >= 0.3 is 0 Å². The van der Waals surface area contributed by atoms with E-state index in [1.807, 2.05) is 24.3 Å². The lowest BCUT2D eigenvalue weighted by Crippen LogP contribution is -2.21. The van der Waals surface area contributed by atoms with Gasteiger partial charge in [-0.3, -0.25) is 4.79 Å². The molecule has 0 atom stereocenters. The summed E-state index contributed by atoms with van der Waals surface area (Å²) in [6.45, 7) is 0. The van der Waals surface area contributed by atoms with Gasteiger partial charge in [-0.2, -0.15) is 4.98 Å². The second-order valence-electron chi connectivity index (χ2n) is 4.88. The predicted molar refractivity (Wildman–Crippen MR) is 77.9 cm³/mol. The summed E-state index contributed by atoms with van der Waals surface area (Å²) < 4.78 is 10.3. The van der Waals surface area contributed by atoms with Crippen molar-refractivity contribution >= 4 is 5.91 Å². The lowest BCUT2D eigenvalue weighted by Gasteiger charge is -2.08. The van der Waals surface area contributed by atoms with Crippen molar-refractivity contribution in [2.45, 2.75) is 19.3 Å². The average Bonchev–Trinajstić information content (AvgIpc) is 2.96. The number of hydrogen-bond acceptors (Lipinski definition) is 5. The smallest absolute Gasteiger partial charge is 0.226 e. The molecule has 2 rings (SSSR count). The summed E-state index contributed by atoms with van der Waals surface area (Å²) in [6, 6.07) is 7.45. The van der Waals surface area contributed by atoms with Crippen LogP contribution in [-0.4, -0.2) is 42.2 Å². The summed E-state index contributed by atoms with van der Waals surface area (Å²) in [4.78, 5) is 17.4. The van der Waals surface area contributed by atoms with Crippen LogP contribution in [0.2, 0.25) is 0 Å². The van der Waals surface area contributed by atoms with Crippen LogP contribution in [0.25, 0.3) is 11.4 Å². The van der Waals surface area contributed by atoms with Gasteiger partial charge in [0, 0.05) is 32.5 Å². The molecule has 0 radical (unpaired) electrons. The molecule has 0 spiro atoms. The zero-order valence-electron chi connectivity index (χ0n) is 12.5. The first kappa shape index (κ1) is 15.0. The van der Waals surface area contributed by atoms with Gasteiger partial charge in [-0.05, 0) is 30.7 Å². The molecule has 0 unspecified atom stereocenters. The number of benzene rings is 1. The van der Waals surface area contributed by atoms with Crippen molar-refractivity contribution in [3.05, 3.63) is 30.2 Å². The highest BCUT2D eigenvalue weighted by Gasteiger charge is 2.10. The topological polar surface area (TPSA) is 68.5 Å². The zero-order valence-corrected chi connectivity index (χ0v) is 12.5. The van der Waals surface area contributed by atoms with E-state index in [2.05, 4.69) is 10.1 Å². The fourth-order valence-electron chi connectivity index (χ4n) is 1.83. The van der Waals surface area contributed by atoms with Crippen LogP contribution in [-0.2, 0) is 11.2 Å². The molecule has 1 amide bonds. The molecule has 21 heavy (non-hydrogen) atoms. The molecule has 6 nitrogen and oxygen atoms in total. The van der Waals surface area contributed by atoms with Crippen LogP contribution in [0, 0.1) is 0 Å². The number of ether oxygens (including phenoxy) is 1. The summed E-state index contributed by atoms with van der Waals surface area (Å²) in [5, 5.41) is 3.95. The van der Waals surface area contributed by atoms with E-state index in [0.717, 1.165) is 11.3 Å². The van der Waals surface area contributed by atoms with Gasteiger partial charge in [0.25, 0.3) is 0 Å². The van der Waals surface area contributed by atoms with Crippen molar-refractivity contribution in [3.63, 3.8) is 0 Å². The van der Waals surface area contributed by atoms with E-state index in [1.54, 1.807) is 26.1 Å². The fraction of sp³-hybridized carbons (Fsp3) is 0.400. The molecular formula is C15H19N3O3. The van der Waals surface area contributed by atoms with Crippen molar-refractivity contribution in [2.75, 3.05) is 21.2 Å². The van der Waals surface area contributed by atoms with Gasteiger partial charge in [0.1, 0.15) is 5.75 Å². The first-order valence-electron chi connectivity index (χ1n) is 6.77. The minimum atomic E-state index is 0.102. The van der Waals surface area contributed by atoms with E-state index in [-0.39, 0.29) is 5.91 Å². The van der Waals surface area contributed by atoms with Crippen molar-refractivity contribution in [1.29, 1.82) is 0 Å². The van der Waals surface area contributed by atoms with Crippen LogP contribution < -0.4 is 4.74 Å². The molecule has 0 aliphatic rings. The average molecular weight is 289 g/mol. The monoisotopic (exact) mass is 289 g/mol. The number of aryl methyl sites for hydroxylation is 1. The van der Waals surface area contributed by atoms with Crippen LogP contribution in [0.4, 0.5) is 0 Å². The third-order valence-corrected chi connectivity index (χ3v) is 3.10. The molecule has 0 saturated carbocycles. The van der Waals surface area contributed by atoms with Gasteiger partial charge in [-0.15, -0.1) is 0 Å². The van der Waals surface area contributed by atoms with Crippen LogP contribution >= 0.6 is 0 Å². The van der Waals surface area contributed by atoms with Crippen LogP contribution in [0.3, 0.4) is 0 Å². The molecule has 0 saturated heterocycles. The standard InChI is InChI=1S/C15H19N3O3/c1-18(2)14(19)6-4-5-13-16-15(17-21-13)11-7-9-12(20-3)10-8-11/h7-10H,4-6H2,1-3H3. The van der Waals surface area contributed by atoms with Crippen molar-refractivity contribution < 1.29 is 14.1 Å². The summed E-state index contributed by atoms with van der Waals surface area (Å²) >= 11 is 0. The number of carbonyl (C=O) groups excluding carboxylic acids is 1. The van der Waals surface area contributed by atoms with E-state index in [9.17, 15) is 4.79 Å². The molecule has 6 heteroatoms. The van der Waals surface area contributed by atoms with Gasteiger partial charge in [0.15, 0.2) is 0 Å². The van der Waals surface area contributed by atoms with Crippen LogP contribution in [0.5, 0.6) is 5.75 Å². The van der Waals surface area contributed by atoms with Gasteiger partial charge in [-0.1, -0.05) is 5.16 Å². The Morgan fingerprint density at radius 1 is 1.29 bits per heavy atom. The predicted octanol–water partition coefficient (Wildman–Crippen LogP) is 2.16. The van der Waals surface area contributed by atoms with Gasteiger partial charge in [-0.25, -0.2) is 0 Å². The first-order chi connectivity index (χ1) is 10.1. The van der Waals surface area contributed by atoms with E-state index in [0.29, 0.717) is 31.0 Å². The van der Waals surface area contributed by atoms with E-state index >= 15 is 0 Å². The van der Waals surface area contributed by atoms with Crippen molar-refractivity contribution in [2.24, 2.45) is 0 Å². The Kier molecular flexibility index (Phi) is 4.92. The normalized spacial score (nSPS) is 10.4. The third kappa shape index (κ3) is 4.05. The highest BCUT2D eigenvalue weighted by Crippen LogP contribution is 2.20. The number of rotatable bonds is 6. The molecule has 1 aromatic heterocycles. The van der Waals surface area contributed by atoms with Crippen LogP contribution in [0.15, 0.2) is 28.8 Å². The first-order valence-corrected chi connectivity index (χ1v) is 6.77. The summed E-state index contributed by atoms with van der Waals surface area (Å²) in [5.74, 6) is 1.98. The van der Waals surface area contributed by atoms with E-state index in [4.69, 9.17) is 9.26 Å². The summed E-state index contributed by atoms with van der Waals surface area (Å²) in [6.07, 6.45) is 1.78. The molecule has 0 aliphatic carbocycles. The van der Waals surface area contributed by atoms with E-state index in [1.165, 1.54) is 0 Å².